The van der Waals surface area contributed by atoms with Crippen molar-refractivity contribution >= 4 is 0 Å². The van der Waals surface area contributed by atoms with Crippen LogP contribution < -0.4 is 5.32 Å². The molecule has 108 valence electrons. The Bertz CT molecular complexity index is 592. The van der Waals surface area contributed by atoms with Crippen molar-refractivity contribution in [1.82, 2.24) is 5.32 Å². The minimum absolute atomic E-state index is 0.162. The fourth-order valence-electron chi connectivity index (χ4n) is 2.19. The summed E-state index contributed by atoms with van der Waals surface area (Å²) in [4.78, 5) is 0. The quantitative estimate of drug-likeness (QED) is 0.892. The van der Waals surface area contributed by atoms with Gasteiger partial charge in [-0.1, -0.05) is 6.92 Å². The average Bonchev–Trinajstić information content (AvgIpc) is 2.82. The Labute approximate surface area is 117 Å². The van der Waals surface area contributed by atoms with Crippen LogP contribution in [0.3, 0.4) is 0 Å². The summed E-state index contributed by atoms with van der Waals surface area (Å²) in [6.07, 6.45) is 0.712. The van der Waals surface area contributed by atoms with Gasteiger partial charge >= 0.3 is 0 Å². The minimum atomic E-state index is -0.468. The van der Waals surface area contributed by atoms with E-state index in [1.807, 2.05) is 6.92 Å². The molecular formula is C16H19F2NO. The van der Waals surface area contributed by atoms with Crippen LogP contribution in [0.25, 0.3) is 11.3 Å². The molecule has 1 heterocycles. The minimum Gasteiger partial charge on any atom is -0.461 e. The highest BCUT2D eigenvalue weighted by Gasteiger charge is 2.14. The van der Waals surface area contributed by atoms with Crippen LogP contribution in [0.2, 0.25) is 0 Å². The van der Waals surface area contributed by atoms with Crippen molar-refractivity contribution in [3.05, 3.63) is 47.2 Å². The van der Waals surface area contributed by atoms with Crippen molar-refractivity contribution in [2.24, 2.45) is 0 Å². The van der Waals surface area contributed by atoms with Gasteiger partial charge in [-0.25, -0.2) is 8.78 Å². The lowest BCUT2D eigenvalue weighted by molar-refractivity contribution is 0.468. The first-order valence-corrected chi connectivity index (χ1v) is 6.79. The number of nitrogens with one attached hydrogen (secondary N) is 1. The molecule has 2 aromatic rings. The molecule has 2 nitrogen and oxygen atoms in total. The standard InChI is InChI=1S/C16H19F2NO/c1-4-19-11(3)8-12-5-6-16(20-12)13-9-14(17)10(2)7-15(13)18/h5-7,9,11,19H,4,8H2,1-3H3. The zero-order valence-corrected chi connectivity index (χ0v) is 12.0. The molecule has 20 heavy (non-hydrogen) atoms. The number of hydrogen-bond donors (Lipinski definition) is 1. The van der Waals surface area contributed by atoms with Crippen molar-refractivity contribution in [2.45, 2.75) is 33.2 Å². The van der Waals surface area contributed by atoms with Gasteiger partial charge in [0.2, 0.25) is 0 Å². The maximum atomic E-state index is 13.9. The molecule has 4 heteroatoms. The average molecular weight is 279 g/mol. The maximum Gasteiger partial charge on any atom is 0.137 e. The summed E-state index contributed by atoms with van der Waals surface area (Å²) in [6.45, 7) is 6.51. The summed E-state index contributed by atoms with van der Waals surface area (Å²) in [5.74, 6) is 0.221. The summed E-state index contributed by atoms with van der Waals surface area (Å²) in [6, 6.07) is 6.13. The molecule has 0 saturated heterocycles. The van der Waals surface area contributed by atoms with Crippen LogP contribution in [0.15, 0.2) is 28.7 Å². The van der Waals surface area contributed by atoms with Crippen molar-refractivity contribution < 1.29 is 13.2 Å². The molecule has 0 fully saturated rings. The first-order valence-electron chi connectivity index (χ1n) is 6.79. The van der Waals surface area contributed by atoms with E-state index < -0.39 is 11.6 Å². The monoisotopic (exact) mass is 279 g/mol. The Morgan fingerprint density at radius 2 is 1.95 bits per heavy atom. The van der Waals surface area contributed by atoms with Crippen molar-refractivity contribution in [3.8, 4) is 11.3 Å². The second-order valence-corrected chi connectivity index (χ2v) is 5.01. The smallest absolute Gasteiger partial charge is 0.137 e. The molecule has 0 bridgehead atoms. The lowest BCUT2D eigenvalue weighted by atomic mass is 10.1. The molecule has 2 rings (SSSR count). The Balaban J connectivity index is 2.22. The third-order valence-corrected chi connectivity index (χ3v) is 3.24. The molecule has 1 unspecified atom stereocenters. The van der Waals surface area contributed by atoms with Gasteiger partial charge in [-0.15, -0.1) is 0 Å². The van der Waals surface area contributed by atoms with Gasteiger partial charge in [-0.2, -0.15) is 0 Å². The fraction of sp³-hybridized carbons (Fsp3) is 0.375. The second kappa shape index (κ2) is 6.18. The third-order valence-electron chi connectivity index (χ3n) is 3.24. The van der Waals surface area contributed by atoms with Gasteiger partial charge < -0.3 is 9.73 Å². The zero-order chi connectivity index (χ0) is 14.7. The molecule has 0 aliphatic heterocycles. The van der Waals surface area contributed by atoms with E-state index in [0.717, 1.165) is 12.3 Å². The molecule has 0 aliphatic rings. The SMILES string of the molecule is CCNC(C)Cc1ccc(-c2cc(F)c(C)cc2F)o1. The first kappa shape index (κ1) is 14.7. The van der Waals surface area contributed by atoms with E-state index in [1.165, 1.54) is 19.1 Å². The molecule has 1 atom stereocenters. The van der Waals surface area contributed by atoms with Crippen molar-refractivity contribution in [2.75, 3.05) is 6.54 Å². The van der Waals surface area contributed by atoms with Crippen LogP contribution in [0.1, 0.15) is 25.2 Å². The molecule has 1 aromatic heterocycles. The summed E-state index contributed by atoms with van der Waals surface area (Å²) in [7, 11) is 0. The number of likely N-dealkylation sites (N-methyl/N-ethyl adjacent to an activating group) is 1. The van der Waals surface area contributed by atoms with Gasteiger partial charge in [-0.05, 0) is 50.2 Å². The fourth-order valence-corrected chi connectivity index (χ4v) is 2.19. The predicted octanol–water partition coefficient (Wildman–Crippen LogP) is 4.07. The van der Waals surface area contributed by atoms with Crippen LogP contribution in [0, 0.1) is 18.6 Å². The Morgan fingerprint density at radius 1 is 1.20 bits per heavy atom. The zero-order valence-electron chi connectivity index (χ0n) is 12.0. The van der Waals surface area contributed by atoms with E-state index in [1.54, 1.807) is 12.1 Å². The Hall–Kier alpha value is -1.68. The largest absolute Gasteiger partial charge is 0.461 e. The van der Waals surface area contributed by atoms with E-state index in [4.69, 9.17) is 4.42 Å². The topological polar surface area (TPSA) is 25.2 Å². The van der Waals surface area contributed by atoms with E-state index in [2.05, 4.69) is 12.2 Å². The van der Waals surface area contributed by atoms with Gasteiger partial charge in [0.05, 0.1) is 5.56 Å². The van der Waals surface area contributed by atoms with Crippen molar-refractivity contribution in [3.63, 3.8) is 0 Å². The first-order chi connectivity index (χ1) is 9.51. The number of halogens is 2. The van der Waals surface area contributed by atoms with Crippen LogP contribution in [-0.4, -0.2) is 12.6 Å². The Kier molecular flexibility index (Phi) is 4.55. The number of hydrogen-bond acceptors (Lipinski definition) is 2. The lowest BCUT2D eigenvalue weighted by Gasteiger charge is -2.09. The number of rotatable bonds is 5. The highest BCUT2D eigenvalue weighted by atomic mass is 19.1. The normalized spacial score (nSPS) is 12.7. The maximum absolute atomic E-state index is 13.9. The number of benzene rings is 1. The molecule has 0 spiro atoms. The highest BCUT2D eigenvalue weighted by Crippen LogP contribution is 2.27. The summed E-state index contributed by atoms with van der Waals surface area (Å²) in [5.41, 5.74) is 0.453. The van der Waals surface area contributed by atoms with Gasteiger partial charge in [0, 0.05) is 12.5 Å². The molecule has 0 aliphatic carbocycles. The van der Waals surface area contributed by atoms with E-state index in [0.29, 0.717) is 17.7 Å². The van der Waals surface area contributed by atoms with Gasteiger partial charge in [0.15, 0.2) is 0 Å². The molecule has 0 amide bonds. The highest BCUT2D eigenvalue weighted by molar-refractivity contribution is 5.59. The summed E-state index contributed by atoms with van der Waals surface area (Å²) in [5, 5.41) is 3.28. The molecular weight excluding hydrogens is 260 g/mol. The van der Waals surface area contributed by atoms with E-state index in [9.17, 15) is 8.78 Å². The molecule has 0 radical (unpaired) electrons. The Morgan fingerprint density at radius 3 is 2.65 bits per heavy atom. The van der Waals surface area contributed by atoms with Crippen LogP contribution in [-0.2, 0) is 6.42 Å². The number of furan rings is 1. The molecule has 1 aromatic carbocycles. The second-order valence-electron chi connectivity index (χ2n) is 5.01. The summed E-state index contributed by atoms with van der Waals surface area (Å²) < 4.78 is 33.0. The van der Waals surface area contributed by atoms with Crippen LogP contribution in [0.4, 0.5) is 8.78 Å². The summed E-state index contributed by atoms with van der Waals surface area (Å²) >= 11 is 0. The van der Waals surface area contributed by atoms with Gasteiger partial charge in [0.1, 0.15) is 23.2 Å². The molecule has 1 N–H and O–H groups in total. The van der Waals surface area contributed by atoms with E-state index >= 15 is 0 Å². The van der Waals surface area contributed by atoms with Crippen LogP contribution in [0.5, 0.6) is 0 Å². The van der Waals surface area contributed by atoms with Gasteiger partial charge in [0.25, 0.3) is 0 Å². The lowest BCUT2D eigenvalue weighted by Crippen LogP contribution is -2.27. The predicted molar refractivity (Wildman–Crippen MR) is 75.6 cm³/mol. The number of aryl methyl sites for hydroxylation is 1. The van der Waals surface area contributed by atoms with Crippen LogP contribution >= 0.6 is 0 Å². The van der Waals surface area contributed by atoms with Gasteiger partial charge in [-0.3, -0.25) is 0 Å². The third kappa shape index (κ3) is 3.25. The molecule has 0 saturated carbocycles. The van der Waals surface area contributed by atoms with Crippen molar-refractivity contribution in [1.29, 1.82) is 0 Å². The van der Waals surface area contributed by atoms with E-state index in [-0.39, 0.29) is 11.6 Å².